The zero-order valence-corrected chi connectivity index (χ0v) is 19.0. The van der Waals surface area contributed by atoms with Gasteiger partial charge >= 0.3 is 22.8 Å². The Morgan fingerprint density at radius 3 is 1.37 bits per heavy atom. The molecule has 0 radical (unpaired) electrons. The van der Waals surface area contributed by atoms with Crippen LogP contribution in [0.1, 0.15) is 39.5 Å². The maximum absolute atomic E-state index is 12.3. The molecule has 2 aliphatic heterocycles. The molecule has 9 nitrogen and oxygen atoms in total. The second-order valence-corrected chi connectivity index (χ2v) is 14.0. The van der Waals surface area contributed by atoms with E-state index in [1.165, 1.54) is 13.3 Å². The lowest BCUT2D eigenvalue weighted by Gasteiger charge is -2.44. The number of hydrogen-bond donors (Lipinski definition) is 2. The molecule has 2 heterocycles. The minimum Gasteiger partial charge on any atom is -0.324 e. The molecule has 160 valence electrons. The van der Waals surface area contributed by atoms with Gasteiger partial charge in [-0.15, -0.1) is 0 Å². The number of rotatable bonds is 7. The molecule has 27 heavy (non-hydrogen) atoms. The highest BCUT2D eigenvalue weighted by molar-refractivity contribution is 7.53. The van der Waals surface area contributed by atoms with Crippen molar-refractivity contribution in [2.24, 2.45) is 10.8 Å². The van der Waals surface area contributed by atoms with E-state index < -0.39 is 39.3 Å². The largest absolute Gasteiger partial charge is 0.328 e. The lowest BCUT2D eigenvalue weighted by Crippen LogP contribution is -2.42. The van der Waals surface area contributed by atoms with Crippen molar-refractivity contribution < 1.29 is 41.6 Å². The molecule has 2 saturated heterocycles. The summed E-state index contributed by atoms with van der Waals surface area (Å²) in [5, 5.41) is 0. The van der Waals surface area contributed by atoms with Crippen molar-refractivity contribution in [3.63, 3.8) is 0 Å². The summed E-state index contributed by atoms with van der Waals surface area (Å²) in [6.45, 7) is 7.08. The van der Waals surface area contributed by atoms with Crippen LogP contribution in [0.25, 0.3) is 0 Å². The van der Waals surface area contributed by atoms with Gasteiger partial charge in [-0.25, -0.2) is 0 Å². The van der Waals surface area contributed by atoms with E-state index in [1.807, 2.05) is 13.8 Å². The molecular formula is C15H31O9P3. The van der Waals surface area contributed by atoms with Crippen molar-refractivity contribution in [2.75, 3.05) is 39.8 Å². The zero-order chi connectivity index (χ0) is 20.6. The van der Waals surface area contributed by atoms with Gasteiger partial charge in [-0.3, -0.25) is 13.7 Å². The van der Waals surface area contributed by atoms with E-state index in [4.69, 9.17) is 18.1 Å². The molecule has 2 N–H and O–H groups in total. The lowest BCUT2D eigenvalue weighted by atomic mass is 9.76. The Balaban J connectivity index is 2.19. The average Bonchev–Trinajstić information content (AvgIpc) is 2.57. The standard InChI is InChI=1S/C15H31O9P3/c1-5-14(9-21-25(3,16)22-10-14)7-13(27(18,19)20)8-15(6-2)11-23-26(4,17)24-12-15/h13H,5-12H2,1-4H3,(H2,18,19,20). The Morgan fingerprint density at radius 2 is 1.15 bits per heavy atom. The first-order chi connectivity index (χ1) is 12.3. The molecule has 0 saturated carbocycles. The van der Waals surface area contributed by atoms with Crippen LogP contribution in [-0.2, 0) is 31.8 Å². The van der Waals surface area contributed by atoms with Crippen LogP contribution in [0.3, 0.4) is 0 Å². The first kappa shape index (κ1) is 23.7. The predicted octanol–water partition coefficient (Wildman–Crippen LogP) is 3.85. The Hall–Kier alpha value is 0.450. The molecule has 0 aliphatic carbocycles. The fourth-order valence-corrected chi connectivity index (χ4v) is 6.85. The van der Waals surface area contributed by atoms with E-state index in [0.717, 1.165) is 0 Å². The highest BCUT2D eigenvalue weighted by Crippen LogP contribution is 2.59. The Labute approximate surface area is 160 Å². The Bertz CT molecular complexity index is 603. The van der Waals surface area contributed by atoms with Gasteiger partial charge in [0.05, 0.1) is 32.1 Å². The van der Waals surface area contributed by atoms with Crippen LogP contribution in [0, 0.1) is 10.8 Å². The third-order valence-corrected chi connectivity index (χ3v) is 9.44. The van der Waals surface area contributed by atoms with Crippen LogP contribution < -0.4 is 0 Å². The third kappa shape index (κ3) is 6.21. The molecule has 0 atom stereocenters. The first-order valence-corrected chi connectivity index (χ1v) is 14.7. The summed E-state index contributed by atoms with van der Waals surface area (Å²) in [7, 11) is -10.6. The van der Waals surface area contributed by atoms with Gasteiger partial charge in [-0.1, -0.05) is 13.8 Å². The van der Waals surface area contributed by atoms with Gasteiger partial charge in [-0.05, 0) is 25.7 Å². The molecular weight excluding hydrogens is 417 g/mol. The molecule has 0 unspecified atom stereocenters. The van der Waals surface area contributed by atoms with Gasteiger partial charge in [0.15, 0.2) is 0 Å². The average molecular weight is 448 g/mol. The van der Waals surface area contributed by atoms with E-state index in [2.05, 4.69) is 0 Å². The molecule has 0 bridgehead atoms. The van der Waals surface area contributed by atoms with Crippen LogP contribution in [0.2, 0.25) is 0 Å². The lowest BCUT2D eigenvalue weighted by molar-refractivity contribution is -0.0104. The molecule has 2 rings (SSSR count). The molecule has 0 amide bonds. The van der Waals surface area contributed by atoms with Crippen LogP contribution >= 0.6 is 22.8 Å². The topological polar surface area (TPSA) is 129 Å². The van der Waals surface area contributed by atoms with Crippen molar-refractivity contribution in [1.82, 2.24) is 0 Å². The Kier molecular flexibility index (Phi) is 7.29. The number of hydrogen-bond acceptors (Lipinski definition) is 7. The third-order valence-electron chi connectivity index (χ3n) is 5.73. The van der Waals surface area contributed by atoms with Crippen LogP contribution in [-0.4, -0.2) is 55.2 Å². The summed E-state index contributed by atoms with van der Waals surface area (Å²) in [6, 6.07) is 0. The van der Waals surface area contributed by atoms with Crippen LogP contribution in [0.15, 0.2) is 0 Å². The van der Waals surface area contributed by atoms with Crippen LogP contribution in [0.5, 0.6) is 0 Å². The van der Waals surface area contributed by atoms with Gasteiger partial charge in [0.2, 0.25) is 0 Å². The highest BCUT2D eigenvalue weighted by atomic mass is 31.2. The van der Waals surface area contributed by atoms with E-state index in [0.29, 0.717) is 12.8 Å². The summed E-state index contributed by atoms with van der Waals surface area (Å²) < 4.78 is 57.5. The molecule has 0 aromatic heterocycles. The van der Waals surface area contributed by atoms with Crippen molar-refractivity contribution >= 4 is 22.8 Å². The van der Waals surface area contributed by atoms with Crippen LogP contribution in [0.4, 0.5) is 0 Å². The maximum atomic E-state index is 12.3. The normalized spacial score (nSPS) is 42.0. The molecule has 12 heteroatoms. The molecule has 2 fully saturated rings. The quantitative estimate of drug-likeness (QED) is 0.558. The fraction of sp³-hybridized carbons (Fsp3) is 1.00. The highest BCUT2D eigenvalue weighted by Gasteiger charge is 2.48. The SMILES string of the molecule is CCC1(CC(CC2(CC)COP(C)(=O)OC2)P(=O)(O)O)COP(C)(=O)OC1. The second-order valence-electron chi connectivity index (χ2n) is 7.99. The van der Waals surface area contributed by atoms with Gasteiger partial charge in [0.1, 0.15) is 0 Å². The summed E-state index contributed by atoms with van der Waals surface area (Å²) in [5.41, 5.74) is -2.21. The molecule has 0 aromatic rings. The Morgan fingerprint density at radius 1 is 0.852 bits per heavy atom. The van der Waals surface area contributed by atoms with E-state index >= 15 is 0 Å². The molecule has 0 aromatic carbocycles. The first-order valence-electron chi connectivity index (χ1n) is 9.04. The van der Waals surface area contributed by atoms with Gasteiger partial charge in [-0.2, -0.15) is 0 Å². The summed E-state index contributed by atoms with van der Waals surface area (Å²) in [4.78, 5) is 20.0. The molecule has 2 aliphatic rings. The summed E-state index contributed by atoms with van der Waals surface area (Å²) in [5.74, 6) is 0. The predicted molar refractivity (Wildman–Crippen MR) is 101 cm³/mol. The van der Waals surface area contributed by atoms with E-state index in [1.54, 1.807) is 0 Å². The smallest absolute Gasteiger partial charge is 0.324 e. The summed E-state index contributed by atoms with van der Waals surface area (Å²) in [6.07, 6.45) is 1.47. The minimum absolute atomic E-state index is 0.129. The molecule has 0 spiro atoms. The van der Waals surface area contributed by atoms with E-state index in [-0.39, 0.29) is 39.3 Å². The second kappa shape index (κ2) is 8.29. The van der Waals surface area contributed by atoms with Crippen molar-refractivity contribution in [3.8, 4) is 0 Å². The monoisotopic (exact) mass is 448 g/mol. The van der Waals surface area contributed by atoms with Gasteiger partial charge in [0.25, 0.3) is 0 Å². The zero-order valence-electron chi connectivity index (χ0n) is 16.3. The van der Waals surface area contributed by atoms with Crippen molar-refractivity contribution in [3.05, 3.63) is 0 Å². The van der Waals surface area contributed by atoms with Crippen molar-refractivity contribution in [2.45, 2.75) is 45.2 Å². The maximum Gasteiger partial charge on any atom is 0.328 e. The van der Waals surface area contributed by atoms with E-state index in [9.17, 15) is 23.5 Å². The van der Waals surface area contributed by atoms with Crippen molar-refractivity contribution in [1.29, 1.82) is 0 Å². The minimum atomic E-state index is -4.45. The van der Waals surface area contributed by atoms with Gasteiger partial charge in [0, 0.05) is 24.2 Å². The summed E-state index contributed by atoms with van der Waals surface area (Å²) >= 11 is 0. The van der Waals surface area contributed by atoms with Gasteiger partial charge < -0.3 is 27.9 Å². The fourth-order valence-electron chi connectivity index (χ4n) is 3.42.